The Morgan fingerprint density at radius 1 is 1.19 bits per heavy atom. The number of rotatable bonds is 3. The van der Waals surface area contributed by atoms with E-state index in [0.29, 0.717) is 24.6 Å². The number of aryl methyl sites for hydroxylation is 1. The normalized spacial score (nSPS) is 23.6. The molecule has 0 bridgehead atoms. The smallest absolute Gasteiger partial charge is 0.255 e. The second kappa shape index (κ2) is 6.82. The van der Waals surface area contributed by atoms with Crippen molar-refractivity contribution in [3.8, 4) is 0 Å². The van der Waals surface area contributed by atoms with E-state index >= 15 is 0 Å². The summed E-state index contributed by atoms with van der Waals surface area (Å²) in [6.45, 7) is 6.75. The van der Waals surface area contributed by atoms with E-state index in [1.54, 1.807) is 0 Å². The lowest BCUT2D eigenvalue weighted by Gasteiger charge is -2.36. The van der Waals surface area contributed by atoms with Gasteiger partial charge in [0, 0.05) is 45.0 Å². The summed E-state index contributed by atoms with van der Waals surface area (Å²) in [4.78, 5) is 25.3. The van der Waals surface area contributed by atoms with Crippen LogP contribution in [0.2, 0.25) is 0 Å². The summed E-state index contributed by atoms with van der Waals surface area (Å²) in [5.74, 6) is 1.70. The number of carbonyl (C=O) groups is 1. The molecule has 4 rings (SSSR count). The molecule has 1 amide bonds. The minimum Gasteiger partial charge on any atom is -0.353 e. The Balaban J connectivity index is 1.40. The predicted molar refractivity (Wildman–Crippen MR) is 100 cm³/mol. The first-order valence-corrected chi connectivity index (χ1v) is 9.40. The summed E-state index contributed by atoms with van der Waals surface area (Å²) in [6, 6.07) is 2.26. The van der Waals surface area contributed by atoms with Crippen LogP contribution < -0.4 is 4.90 Å². The number of aromatic nitrogens is 1. The van der Waals surface area contributed by atoms with Crippen LogP contribution in [0.25, 0.3) is 0 Å². The van der Waals surface area contributed by atoms with Crippen LogP contribution in [0, 0.1) is 6.92 Å². The number of hydrogen-bond donors (Lipinski definition) is 0. The average Bonchev–Trinajstić information content (AvgIpc) is 3.46. The molecule has 5 nitrogen and oxygen atoms in total. The van der Waals surface area contributed by atoms with Crippen molar-refractivity contribution in [2.24, 2.45) is 4.99 Å². The molecule has 2 aliphatic heterocycles. The Bertz CT molecular complexity index is 776. The number of aliphatic imine (C=N–C) groups is 1. The van der Waals surface area contributed by atoms with Gasteiger partial charge >= 0.3 is 0 Å². The van der Waals surface area contributed by atoms with E-state index in [-0.39, 0.29) is 12.3 Å². The number of amides is 1. The maximum absolute atomic E-state index is 13.3. The van der Waals surface area contributed by atoms with Crippen molar-refractivity contribution in [1.82, 2.24) is 9.88 Å². The SMILES string of the molecule is CC1=C(C(=O)N2CCN(c3ncc(C4CC4)cc3C)CC2)C=NC(F)C1. The molecule has 138 valence electrons. The molecule has 0 aromatic carbocycles. The highest BCUT2D eigenvalue weighted by Gasteiger charge is 2.28. The molecule has 26 heavy (non-hydrogen) atoms. The molecule has 3 heterocycles. The van der Waals surface area contributed by atoms with Crippen molar-refractivity contribution in [2.45, 2.75) is 45.3 Å². The maximum Gasteiger partial charge on any atom is 0.255 e. The van der Waals surface area contributed by atoms with Crippen LogP contribution in [0.1, 0.15) is 43.2 Å². The Labute approximate surface area is 153 Å². The largest absolute Gasteiger partial charge is 0.353 e. The fraction of sp³-hybridized carbons (Fsp3) is 0.550. The van der Waals surface area contributed by atoms with Crippen molar-refractivity contribution < 1.29 is 9.18 Å². The van der Waals surface area contributed by atoms with Gasteiger partial charge < -0.3 is 9.80 Å². The van der Waals surface area contributed by atoms with E-state index in [1.165, 1.54) is 30.2 Å². The lowest BCUT2D eigenvalue weighted by atomic mass is 10.0. The molecule has 3 aliphatic rings. The van der Waals surface area contributed by atoms with Crippen LogP contribution in [0.5, 0.6) is 0 Å². The van der Waals surface area contributed by atoms with Gasteiger partial charge in [0.05, 0.1) is 5.57 Å². The highest BCUT2D eigenvalue weighted by molar-refractivity contribution is 6.13. The van der Waals surface area contributed by atoms with Crippen LogP contribution in [0.3, 0.4) is 0 Å². The number of carbonyl (C=O) groups excluding carboxylic acids is 1. The highest BCUT2D eigenvalue weighted by atomic mass is 19.1. The quantitative estimate of drug-likeness (QED) is 0.782. The molecule has 1 saturated carbocycles. The topological polar surface area (TPSA) is 48.8 Å². The Morgan fingerprint density at radius 3 is 2.54 bits per heavy atom. The number of piperazine rings is 1. The number of halogens is 1. The molecule has 1 aromatic heterocycles. The first-order chi connectivity index (χ1) is 12.5. The third-order valence-electron chi connectivity index (χ3n) is 5.52. The first-order valence-electron chi connectivity index (χ1n) is 9.40. The van der Waals surface area contributed by atoms with Gasteiger partial charge in [-0.1, -0.05) is 11.6 Å². The van der Waals surface area contributed by atoms with E-state index in [2.05, 4.69) is 22.9 Å². The highest BCUT2D eigenvalue weighted by Crippen LogP contribution is 2.40. The van der Waals surface area contributed by atoms with Crippen molar-refractivity contribution >= 4 is 17.9 Å². The molecule has 0 N–H and O–H groups in total. The van der Waals surface area contributed by atoms with Crippen LogP contribution in [-0.4, -0.2) is 54.5 Å². The molecule has 0 radical (unpaired) electrons. The lowest BCUT2D eigenvalue weighted by Crippen LogP contribution is -2.50. The zero-order chi connectivity index (χ0) is 18.3. The molecular formula is C20H25FN4O. The number of dihydropyridines is 1. The predicted octanol–water partition coefficient (Wildman–Crippen LogP) is 3.00. The number of anilines is 1. The molecule has 1 unspecified atom stereocenters. The monoisotopic (exact) mass is 356 g/mol. The third kappa shape index (κ3) is 3.37. The third-order valence-corrected chi connectivity index (χ3v) is 5.52. The minimum atomic E-state index is -1.21. The van der Waals surface area contributed by atoms with Crippen molar-refractivity contribution in [3.05, 3.63) is 34.5 Å². The van der Waals surface area contributed by atoms with Gasteiger partial charge in [-0.3, -0.25) is 9.79 Å². The van der Waals surface area contributed by atoms with Gasteiger partial charge in [0.2, 0.25) is 0 Å². The zero-order valence-corrected chi connectivity index (χ0v) is 15.4. The Morgan fingerprint density at radius 2 is 1.92 bits per heavy atom. The standard InChI is InChI=1S/C20H25FN4O/c1-13-10-18(21)22-12-17(13)20(26)25-7-5-24(6-8-25)19-14(2)9-16(11-23-19)15-3-4-15/h9,11-12,15,18H,3-8,10H2,1-2H3. The maximum atomic E-state index is 13.3. The van der Waals surface area contributed by atoms with E-state index in [1.807, 2.05) is 18.0 Å². The average molecular weight is 356 g/mol. The summed E-state index contributed by atoms with van der Waals surface area (Å²) < 4.78 is 13.3. The summed E-state index contributed by atoms with van der Waals surface area (Å²) in [5.41, 5.74) is 3.90. The van der Waals surface area contributed by atoms with Crippen molar-refractivity contribution in [1.29, 1.82) is 0 Å². The van der Waals surface area contributed by atoms with E-state index in [4.69, 9.17) is 4.98 Å². The van der Waals surface area contributed by atoms with Gasteiger partial charge in [-0.05, 0) is 43.7 Å². The lowest BCUT2D eigenvalue weighted by molar-refractivity contribution is -0.126. The van der Waals surface area contributed by atoms with Gasteiger partial charge in [0.1, 0.15) is 5.82 Å². The Kier molecular flexibility index (Phi) is 4.51. The van der Waals surface area contributed by atoms with E-state index in [9.17, 15) is 9.18 Å². The fourth-order valence-corrected chi connectivity index (χ4v) is 3.77. The first kappa shape index (κ1) is 17.2. The zero-order valence-electron chi connectivity index (χ0n) is 15.4. The molecular weight excluding hydrogens is 331 g/mol. The van der Waals surface area contributed by atoms with Crippen LogP contribution in [0.4, 0.5) is 10.2 Å². The number of nitrogens with zero attached hydrogens (tertiary/aromatic N) is 4. The van der Waals surface area contributed by atoms with E-state index < -0.39 is 6.30 Å². The summed E-state index contributed by atoms with van der Waals surface area (Å²) in [5, 5.41) is 0. The number of hydrogen-bond acceptors (Lipinski definition) is 4. The Hall–Kier alpha value is -2.24. The van der Waals surface area contributed by atoms with E-state index in [0.717, 1.165) is 24.5 Å². The second-order valence-corrected chi connectivity index (χ2v) is 7.57. The minimum absolute atomic E-state index is 0.0356. The molecule has 0 spiro atoms. The van der Waals surface area contributed by atoms with Gasteiger partial charge in [0.25, 0.3) is 5.91 Å². The molecule has 6 heteroatoms. The molecule has 2 fully saturated rings. The summed E-state index contributed by atoms with van der Waals surface area (Å²) in [6.07, 6.45) is 4.98. The summed E-state index contributed by atoms with van der Waals surface area (Å²) in [7, 11) is 0. The fourth-order valence-electron chi connectivity index (χ4n) is 3.77. The van der Waals surface area contributed by atoms with Gasteiger partial charge in [-0.15, -0.1) is 0 Å². The van der Waals surface area contributed by atoms with Crippen LogP contribution in [0.15, 0.2) is 28.4 Å². The van der Waals surface area contributed by atoms with Gasteiger partial charge in [-0.25, -0.2) is 9.37 Å². The van der Waals surface area contributed by atoms with Gasteiger partial charge in [0.15, 0.2) is 6.30 Å². The van der Waals surface area contributed by atoms with Crippen molar-refractivity contribution in [3.63, 3.8) is 0 Å². The van der Waals surface area contributed by atoms with Crippen LogP contribution >= 0.6 is 0 Å². The second-order valence-electron chi connectivity index (χ2n) is 7.57. The molecule has 1 aromatic rings. The molecule has 1 atom stereocenters. The van der Waals surface area contributed by atoms with Gasteiger partial charge in [-0.2, -0.15) is 0 Å². The van der Waals surface area contributed by atoms with Crippen LogP contribution in [-0.2, 0) is 4.79 Å². The molecule has 1 aliphatic carbocycles. The molecule has 1 saturated heterocycles. The summed E-state index contributed by atoms with van der Waals surface area (Å²) >= 11 is 0. The van der Waals surface area contributed by atoms with Crippen molar-refractivity contribution in [2.75, 3.05) is 31.1 Å². The number of alkyl halides is 1. The number of pyridine rings is 1.